The van der Waals surface area contributed by atoms with E-state index in [9.17, 15) is 4.79 Å². The third-order valence-electron chi connectivity index (χ3n) is 2.10. The summed E-state index contributed by atoms with van der Waals surface area (Å²) in [6, 6.07) is 0. The molecule has 46 valence electrons. The molecule has 0 heterocycles. The molecule has 1 heteroatoms. The van der Waals surface area contributed by atoms with Gasteiger partial charge in [-0.2, -0.15) is 0 Å². The molecular formula is C7H12O. The SMILES string of the molecule is C[C@H]1CCC[C@@H]1C=O. The molecule has 0 aliphatic heterocycles. The molecule has 0 N–H and O–H groups in total. The van der Waals surface area contributed by atoms with Gasteiger partial charge in [0.05, 0.1) is 0 Å². The molecule has 1 fully saturated rings. The Morgan fingerprint density at radius 2 is 2.25 bits per heavy atom. The molecule has 0 aromatic heterocycles. The average Bonchev–Trinajstić information content (AvgIpc) is 2.14. The topological polar surface area (TPSA) is 17.1 Å². The first-order valence-electron chi connectivity index (χ1n) is 3.30. The summed E-state index contributed by atoms with van der Waals surface area (Å²) in [7, 11) is 0. The number of hydrogen-bond acceptors (Lipinski definition) is 1. The summed E-state index contributed by atoms with van der Waals surface area (Å²) < 4.78 is 0. The van der Waals surface area contributed by atoms with Gasteiger partial charge in [-0.3, -0.25) is 0 Å². The highest BCUT2D eigenvalue weighted by Gasteiger charge is 2.21. The van der Waals surface area contributed by atoms with Gasteiger partial charge in [0.2, 0.25) is 0 Å². The minimum atomic E-state index is 0.384. The quantitative estimate of drug-likeness (QED) is 0.471. The fraction of sp³-hybridized carbons (Fsp3) is 0.857. The van der Waals surface area contributed by atoms with Crippen molar-refractivity contribution in [1.82, 2.24) is 0 Å². The largest absolute Gasteiger partial charge is 0.303 e. The first-order valence-corrected chi connectivity index (χ1v) is 3.30. The molecule has 0 aromatic carbocycles. The van der Waals surface area contributed by atoms with Crippen LogP contribution in [0.2, 0.25) is 0 Å². The van der Waals surface area contributed by atoms with Gasteiger partial charge >= 0.3 is 0 Å². The summed E-state index contributed by atoms with van der Waals surface area (Å²) in [5.74, 6) is 1.04. The third-order valence-corrected chi connectivity index (χ3v) is 2.10. The maximum absolute atomic E-state index is 10.2. The van der Waals surface area contributed by atoms with Crippen molar-refractivity contribution in [2.24, 2.45) is 11.8 Å². The van der Waals surface area contributed by atoms with Crippen molar-refractivity contribution >= 4 is 6.29 Å². The van der Waals surface area contributed by atoms with Gasteiger partial charge in [0.25, 0.3) is 0 Å². The van der Waals surface area contributed by atoms with Crippen LogP contribution in [0.5, 0.6) is 0 Å². The van der Waals surface area contributed by atoms with Crippen molar-refractivity contribution < 1.29 is 4.79 Å². The van der Waals surface area contributed by atoms with Crippen molar-refractivity contribution in [3.8, 4) is 0 Å². The van der Waals surface area contributed by atoms with Gasteiger partial charge in [0.1, 0.15) is 6.29 Å². The van der Waals surface area contributed by atoms with Crippen LogP contribution >= 0.6 is 0 Å². The standard InChI is InChI=1S/C7H12O/c1-6-3-2-4-7(6)5-8/h5-7H,2-4H2,1H3/t6-,7+/m0/s1. The predicted molar refractivity (Wildman–Crippen MR) is 32.6 cm³/mol. The van der Waals surface area contributed by atoms with E-state index in [4.69, 9.17) is 0 Å². The summed E-state index contributed by atoms with van der Waals surface area (Å²) in [4.78, 5) is 10.2. The van der Waals surface area contributed by atoms with Gasteiger partial charge in [0, 0.05) is 5.92 Å². The van der Waals surface area contributed by atoms with Crippen molar-refractivity contribution in [1.29, 1.82) is 0 Å². The molecule has 8 heavy (non-hydrogen) atoms. The molecular weight excluding hydrogens is 100 g/mol. The lowest BCUT2D eigenvalue weighted by Gasteiger charge is -2.03. The first kappa shape index (κ1) is 5.80. The van der Waals surface area contributed by atoms with Crippen LogP contribution in [0.4, 0.5) is 0 Å². The normalized spacial score (nSPS) is 37.6. The molecule has 0 aromatic rings. The highest BCUT2D eigenvalue weighted by Crippen LogP contribution is 2.28. The Bertz CT molecular complexity index is 88.4. The third kappa shape index (κ3) is 0.908. The van der Waals surface area contributed by atoms with E-state index in [1.165, 1.54) is 12.8 Å². The summed E-state index contributed by atoms with van der Waals surface area (Å²) in [5.41, 5.74) is 0. The Kier molecular flexibility index (Phi) is 1.66. The van der Waals surface area contributed by atoms with E-state index in [-0.39, 0.29) is 0 Å². The monoisotopic (exact) mass is 112 g/mol. The number of hydrogen-bond donors (Lipinski definition) is 0. The molecule has 1 saturated carbocycles. The second kappa shape index (κ2) is 2.29. The van der Waals surface area contributed by atoms with Crippen LogP contribution in [0.25, 0.3) is 0 Å². The van der Waals surface area contributed by atoms with Crippen molar-refractivity contribution in [2.45, 2.75) is 26.2 Å². The highest BCUT2D eigenvalue weighted by atomic mass is 16.1. The smallest absolute Gasteiger partial charge is 0.123 e. The Hall–Kier alpha value is -0.330. The number of carbonyl (C=O) groups excluding carboxylic acids is 1. The molecule has 0 bridgehead atoms. The minimum Gasteiger partial charge on any atom is -0.303 e. The summed E-state index contributed by atoms with van der Waals surface area (Å²) in [5, 5.41) is 0. The zero-order valence-electron chi connectivity index (χ0n) is 5.26. The van der Waals surface area contributed by atoms with Crippen molar-refractivity contribution in [2.75, 3.05) is 0 Å². The van der Waals surface area contributed by atoms with Crippen LogP contribution < -0.4 is 0 Å². The van der Waals surface area contributed by atoms with Crippen molar-refractivity contribution in [3.63, 3.8) is 0 Å². The number of aldehydes is 1. The lowest BCUT2D eigenvalue weighted by Crippen LogP contribution is -2.03. The van der Waals surface area contributed by atoms with E-state index in [0.717, 1.165) is 12.7 Å². The fourth-order valence-corrected chi connectivity index (χ4v) is 1.38. The summed E-state index contributed by atoms with van der Waals surface area (Å²) >= 11 is 0. The fourth-order valence-electron chi connectivity index (χ4n) is 1.38. The maximum atomic E-state index is 10.2. The van der Waals surface area contributed by atoms with E-state index in [0.29, 0.717) is 11.8 Å². The number of carbonyl (C=O) groups is 1. The van der Waals surface area contributed by atoms with Crippen LogP contribution in [0.15, 0.2) is 0 Å². The maximum Gasteiger partial charge on any atom is 0.123 e. The molecule has 0 unspecified atom stereocenters. The molecule has 0 amide bonds. The average molecular weight is 112 g/mol. The molecule has 0 spiro atoms. The lowest BCUT2D eigenvalue weighted by atomic mass is 10.0. The molecule has 1 aliphatic carbocycles. The van der Waals surface area contributed by atoms with Crippen LogP contribution in [0, 0.1) is 11.8 Å². The molecule has 1 aliphatic rings. The van der Waals surface area contributed by atoms with Gasteiger partial charge in [0.15, 0.2) is 0 Å². The minimum absolute atomic E-state index is 0.384. The van der Waals surface area contributed by atoms with E-state index < -0.39 is 0 Å². The Balaban J connectivity index is 2.41. The highest BCUT2D eigenvalue weighted by molar-refractivity contribution is 5.54. The van der Waals surface area contributed by atoms with Gasteiger partial charge in [-0.25, -0.2) is 0 Å². The molecule has 1 rings (SSSR count). The van der Waals surface area contributed by atoms with E-state index in [1.54, 1.807) is 0 Å². The Morgan fingerprint density at radius 3 is 2.50 bits per heavy atom. The molecule has 2 atom stereocenters. The van der Waals surface area contributed by atoms with Gasteiger partial charge in [-0.05, 0) is 12.3 Å². The van der Waals surface area contributed by atoms with E-state index in [1.807, 2.05) is 0 Å². The molecule has 1 nitrogen and oxygen atoms in total. The van der Waals surface area contributed by atoms with Gasteiger partial charge < -0.3 is 4.79 Å². The molecule has 0 radical (unpaired) electrons. The predicted octanol–water partition coefficient (Wildman–Crippen LogP) is 1.62. The molecule has 0 saturated heterocycles. The zero-order valence-corrected chi connectivity index (χ0v) is 5.26. The summed E-state index contributed by atoms with van der Waals surface area (Å²) in [6.45, 7) is 2.16. The zero-order chi connectivity index (χ0) is 5.98. The van der Waals surface area contributed by atoms with Crippen LogP contribution in [0.3, 0.4) is 0 Å². The van der Waals surface area contributed by atoms with E-state index in [2.05, 4.69) is 6.92 Å². The first-order chi connectivity index (χ1) is 3.84. The van der Waals surface area contributed by atoms with Crippen LogP contribution in [0.1, 0.15) is 26.2 Å². The lowest BCUT2D eigenvalue weighted by molar-refractivity contribution is -0.111. The van der Waals surface area contributed by atoms with Gasteiger partial charge in [-0.1, -0.05) is 19.8 Å². The van der Waals surface area contributed by atoms with E-state index >= 15 is 0 Å². The number of rotatable bonds is 1. The Morgan fingerprint density at radius 1 is 1.50 bits per heavy atom. The van der Waals surface area contributed by atoms with Crippen LogP contribution in [-0.4, -0.2) is 6.29 Å². The summed E-state index contributed by atoms with van der Waals surface area (Å²) in [6.07, 6.45) is 4.75. The van der Waals surface area contributed by atoms with Crippen LogP contribution in [-0.2, 0) is 4.79 Å². The second-order valence-electron chi connectivity index (χ2n) is 2.71. The van der Waals surface area contributed by atoms with Crippen molar-refractivity contribution in [3.05, 3.63) is 0 Å². The Labute approximate surface area is 50.1 Å². The second-order valence-corrected chi connectivity index (χ2v) is 2.71. The van der Waals surface area contributed by atoms with Gasteiger partial charge in [-0.15, -0.1) is 0 Å².